The number of nitrogens with zero attached hydrogens (tertiary/aromatic N) is 3. The number of imidazole rings is 1. The zero-order valence-electron chi connectivity index (χ0n) is 9.80. The van der Waals surface area contributed by atoms with E-state index in [0.717, 1.165) is 10.7 Å². The summed E-state index contributed by atoms with van der Waals surface area (Å²) in [6.07, 6.45) is 3.69. The van der Waals surface area contributed by atoms with Crippen molar-refractivity contribution in [1.29, 1.82) is 0 Å². The fraction of sp³-hybridized carbons (Fsp3) is 0.182. The SMILES string of the molecule is Cc1csc(NC(=O)c2cn3cc(C)sc3n2)n1. The molecule has 7 heteroatoms. The first-order chi connectivity index (χ1) is 8.61. The van der Waals surface area contributed by atoms with Gasteiger partial charge in [-0.2, -0.15) is 0 Å². The first kappa shape index (κ1) is 11.4. The van der Waals surface area contributed by atoms with Gasteiger partial charge in [0.2, 0.25) is 0 Å². The molecule has 0 atom stereocenters. The molecule has 0 aliphatic rings. The fourth-order valence-electron chi connectivity index (χ4n) is 1.59. The minimum atomic E-state index is -0.224. The van der Waals surface area contributed by atoms with E-state index < -0.39 is 0 Å². The van der Waals surface area contributed by atoms with Gasteiger partial charge in [0.1, 0.15) is 5.69 Å². The molecule has 0 aromatic carbocycles. The Hall–Kier alpha value is -1.73. The summed E-state index contributed by atoms with van der Waals surface area (Å²) in [5, 5.41) is 5.24. The third-order valence-electron chi connectivity index (χ3n) is 2.34. The number of anilines is 1. The molecule has 1 amide bonds. The molecule has 92 valence electrons. The van der Waals surface area contributed by atoms with Gasteiger partial charge in [0.05, 0.1) is 5.69 Å². The van der Waals surface area contributed by atoms with E-state index in [2.05, 4.69) is 15.3 Å². The zero-order chi connectivity index (χ0) is 12.7. The fourth-order valence-corrected chi connectivity index (χ4v) is 3.09. The van der Waals surface area contributed by atoms with Crippen LogP contribution < -0.4 is 5.32 Å². The monoisotopic (exact) mass is 278 g/mol. The second-order valence-corrected chi connectivity index (χ2v) is 5.98. The maximum absolute atomic E-state index is 12.0. The molecule has 0 bridgehead atoms. The van der Waals surface area contributed by atoms with Gasteiger partial charge in [-0.05, 0) is 13.8 Å². The van der Waals surface area contributed by atoms with Crippen LogP contribution in [0.25, 0.3) is 4.96 Å². The molecule has 0 saturated carbocycles. The average Bonchev–Trinajstić information content (AvgIpc) is 2.92. The minimum absolute atomic E-state index is 0.224. The van der Waals surface area contributed by atoms with Crippen molar-refractivity contribution in [1.82, 2.24) is 14.4 Å². The molecule has 0 saturated heterocycles. The number of aryl methyl sites for hydroxylation is 2. The number of amides is 1. The van der Waals surface area contributed by atoms with Gasteiger partial charge in [0.15, 0.2) is 10.1 Å². The first-order valence-electron chi connectivity index (χ1n) is 5.30. The second kappa shape index (κ2) is 4.18. The molecule has 1 N–H and O–H groups in total. The summed E-state index contributed by atoms with van der Waals surface area (Å²) in [6.45, 7) is 3.90. The van der Waals surface area contributed by atoms with E-state index >= 15 is 0 Å². The van der Waals surface area contributed by atoms with Crippen LogP contribution in [-0.4, -0.2) is 20.3 Å². The molecular weight excluding hydrogens is 268 g/mol. The number of rotatable bonds is 2. The maximum Gasteiger partial charge on any atom is 0.277 e. The highest BCUT2D eigenvalue weighted by Crippen LogP contribution is 2.18. The van der Waals surface area contributed by atoms with E-state index in [4.69, 9.17) is 0 Å². The van der Waals surface area contributed by atoms with Crippen molar-refractivity contribution in [2.45, 2.75) is 13.8 Å². The number of carbonyl (C=O) groups is 1. The van der Waals surface area contributed by atoms with E-state index in [1.54, 1.807) is 17.5 Å². The van der Waals surface area contributed by atoms with Crippen molar-refractivity contribution >= 4 is 38.7 Å². The third-order valence-corrected chi connectivity index (χ3v) is 4.13. The molecule has 0 unspecified atom stereocenters. The van der Waals surface area contributed by atoms with Crippen LogP contribution in [0.5, 0.6) is 0 Å². The summed E-state index contributed by atoms with van der Waals surface area (Å²) < 4.78 is 1.86. The summed E-state index contributed by atoms with van der Waals surface area (Å²) in [6, 6.07) is 0. The number of thiazole rings is 2. The third kappa shape index (κ3) is 2.02. The van der Waals surface area contributed by atoms with E-state index in [-0.39, 0.29) is 5.91 Å². The van der Waals surface area contributed by atoms with Crippen molar-refractivity contribution in [3.8, 4) is 0 Å². The maximum atomic E-state index is 12.0. The number of nitrogens with one attached hydrogen (secondary N) is 1. The summed E-state index contributed by atoms with van der Waals surface area (Å²) >= 11 is 2.97. The van der Waals surface area contributed by atoms with E-state index in [1.807, 2.05) is 29.8 Å². The molecule has 0 aliphatic carbocycles. The lowest BCUT2D eigenvalue weighted by Crippen LogP contribution is -2.12. The Balaban J connectivity index is 1.85. The van der Waals surface area contributed by atoms with Crippen LogP contribution in [0.4, 0.5) is 5.13 Å². The molecule has 3 rings (SSSR count). The van der Waals surface area contributed by atoms with Gasteiger partial charge in [-0.15, -0.1) is 22.7 Å². The quantitative estimate of drug-likeness (QED) is 0.784. The van der Waals surface area contributed by atoms with Gasteiger partial charge in [-0.25, -0.2) is 9.97 Å². The Bertz CT molecular complexity index is 693. The summed E-state index contributed by atoms with van der Waals surface area (Å²) in [4.78, 5) is 22.4. The summed E-state index contributed by atoms with van der Waals surface area (Å²) in [5.74, 6) is -0.224. The molecular formula is C11H10N4OS2. The highest BCUT2D eigenvalue weighted by Gasteiger charge is 2.13. The molecule has 0 aliphatic heterocycles. The van der Waals surface area contributed by atoms with Gasteiger partial charge in [-0.1, -0.05) is 0 Å². The Labute approximate surface area is 111 Å². The van der Waals surface area contributed by atoms with Crippen molar-refractivity contribution in [3.63, 3.8) is 0 Å². The van der Waals surface area contributed by atoms with Crippen LogP contribution >= 0.6 is 22.7 Å². The number of aromatic nitrogens is 3. The Morgan fingerprint density at radius 3 is 2.83 bits per heavy atom. The van der Waals surface area contributed by atoms with Gasteiger partial charge < -0.3 is 0 Å². The summed E-state index contributed by atoms with van der Waals surface area (Å²) in [5.41, 5.74) is 1.31. The number of hydrogen-bond acceptors (Lipinski definition) is 5. The highest BCUT2D eigenvalue weighted by atomic mass is 32.1. The van der Waals surface area contributed by atoms with Crippen molar-refractivity contribution in [2.75, 3.05) is 5.32 Å². The van der Waals surface area contributed by atoms with Crippen LogP contribution in [-0.2, 0) is 0 Å². The molecule has 0 spiro atoms. The van der Waals surface area contributed by atoms with Crippen LogP contribution in [0, 0.1) is 13.8 Å². The van der Waals surface area contributed by atoms with Gasteiger partial charge in [0, 0.05) is 22.7 Å². The Morgan fingerprint density at radius 2 is 2.17 bits per heavy atom. The van der Waals surface area contributed by atoms with E-state index in [1.165, 1.54) is 16.2 Å². The van der Waals surface area contributed by atoms with Crippen molar-refractivity contribution < 1.29 is 4.79 Å². The standard InChI is InChI=1S/C11H10N4OS2/c1-6-5-17-10(12-6)14-9(16)8-4-15-3-7(2)18-11(15)13-8/h3-5H,1-2H3,(H,12,14,16). The lowest BCUT2D eigenvalue weighted by molar-refractivity contribution is 0.102. The van der Waals surface area contributed by atoms with Crippen LogP contribution in [0.1, 0.15) is 21.1 Å². The largest absolute Gasteiger partial charge is 0.297 e. The second-order valence-electron chi connectivity index (χ2n) is 3.91. The predicted molar refractivity (Wildman–Crippen MR) is 72.6 cm³/mol. The van der Waals surface area contributed by atoms with E-state index in [0.29, 0.717) is 10.8 Å². The average molecular weight is 278 g/mol. The number of carbonyl (C=O) groups excluding carboxylic acids is 1. The summed E-state index contributed by atoms with van der Waals surface area (Å²) in [7, 11) is 0. The molecule has 18 heavy (non-hydrogen) atoms. The van der Waals surface area contributed by atoms with Crippen molar-refractivity contribution in [2.24, 2.45) is 0 Å². The molecule has 0 radical (unpaired) electrons. The molecule has 0 fully saturated rings. The minimum Gasteiger partial charge on any atom is -0.297 e. The Morgan fingerprint density at radius 1 is 1.33 bits per heavy atom. The smallest absolute Gasteiger partial charge is 0.277 e. The topological polar surface area (TPSA) is 59.3 Å². The first-order valence-corrected chi connectivity index (χ1v) is 7.00. The van der Waals surface area contributed by atoms with Crippen molar-refractivity contribution in [3.05, 3.63) is 34.0 Å². The Kier molecular flexibility index (Phi) is 2.64. The zero-order valence-corrected chi connectivity index (χ0v) is 11.4. The predicted octanol–water partition coefficient (Wildman–Crippen LogP) is 2.72. The van der Waals surface area contributed by atoms with E-state index in [9.17, 15) is 4.79 Å². The number of fused-ring (bicyclic) bond motifs is 1. The normalized spacial score (nSPS) is 11.0. The van der Waals surface area contributed by atoms with Crippen LogP contribution in [0.2, 0.25) is 0 Å². The highest BCUT2D eigenvalue weighted by molar-refractivity contribution is 7.17. The lowest BCUT2D eigenvalue weighted by atomic mass is 10.4. The molecule has 3 heterocycles. The molecule has 3 aromatic heterocycles. The van der Waals surface area contributed by atoms with Crippen LogP contribution in [0.15, 0.2) is 17.8 Å². The van der Waals surface area contributed by atoms with Gasteiger partial charge in [-0.3, -0.25) is 14.5 Å². The molecule has 3 aromatic rings. The lowest BCUT2D eigenvalue weighted by Gasteiger charge is -1.96. The van der Waals surface area contributed by atoms with Gasteiger partial charge in [0.25, 0.3) is 5.91 Å². The number of hydrogen-bond donors (Lipinski definition) is 1. The molecule has 5 nitrogen and oxygen atoms in total. The van der Waals surface area contributed by atoms with Crippen LogP contribution in [0.3, 0.4) is 0 Å². The van der Waals surface area contributed by atoms with Gasteiger partial charge >= 0.3 is 0 Å².